The normalized spacial score (nSPS) is 11.8. The standard InChI is InChI=1S/C26H24N8/c1-16-13-34(15-29-16)25-6-4-5-21-19(25)8-23(30-21)26-20-9-22(28-12-24(20)31-32-26)18-7-17(10-27-11-18)14-33(2)3/h4-13,15,30H,14H2,1-3H3,(H,31,32). The van der Waals surface area contributed by atoms with Crippen molar-refractivity contribution < 1.29 is 0 Å². The summed E-state index contributed by atoms with van der Waals surface area (Å²) in [5, 5.41) is 9.87. The van der Waals surface area contributed by atoms with Gasteiger partial charge in [-0.1, -0.05) is 6.07 Å². The van der Waals surface area contributed by atoms with E-state index in [1.54, 1.807) is 0 Å². The van der Waals surface area contributed by atoms with Gasteiger partial charge in [-0.15, -0.1) is 0 Å². The average Bonchev–Trinajstić information content (AvgIpc) is 3.55. The molecule has 6 rings (SSSR count). The molecule has 0 aliphatic heterocycles. The Hall–Kier alpha value is -4.30. The smallest absolute Gasteiger partial charge is 0.116 e. The summed E-state index contributed by atoms with van der Waals surface area (Å²) in [6.07, 6.45) is 9.46. The van der Waals surface area contributed by atoms with Gasteiger partial charge in [0.25, 0.3) is 0 Å². The zero-order chi connectivity index (χ0) is 23.2. The molecule has 1 aromatic carbocycles. The van der Waals surface area contributed by atoms with Crippen LogP contribution >= 0.6 is 0 Å². The second kappa shape index (κ2) is 7.93. The van der Waals surface area contributed by atoms with Gasteiger partial charge in [0.05, 0.1) is 40.8 Å². The molecule has 0 radical (unpaired) electrons. The highest BCUT2D eigenvalue weighted by Crippen LogP contribution is 2.32. The molecule has 0 aliphatic rings. The Bertz CT molecular complexity index is 1640. The van der Waals surface area contributed by atoms with Crippen molar-refractivity contribution in [3.05, 3.63) is 78.8 Å². The lowest BCUT2D eigenvalue weighted by Gasteiger charge is -2.10. The number of rotatable bonds is 5. The van der Waals surface area contributed by atoms with Crippen LogP contribution in [0.15, 0.2) is 67.5 Å². The van der Waals surface area contributed by atoms with Crippen molar-refractivity contribution in [2.24, 2.45) is 0 Å². The van der Waals surface area contributed by atoms with E-state index in [0.717, 1.165) is 67.9 Å². The molecule has 0 bridgehead atoms. The summed E-state index contributed by atoms with van der Waals surface area (Å²) in [6.45, 7) is 2.82. The van der Waals surface area contributed by atoms with Gasteiger partial charge in [-0.05, 0) is 56.9 Å². The van der Waals surface area contributed by atoms with Crippen molar-refractivity contribution >= 4 is 21.8 Å². The first-order valence-corrected chi connectivity index (χ1v) is 11.1. The molecule has 34 heavy (non-hydrogen) atoms. The summed E-state index contributed by atoms with van der Waals surface area (Å²) >= 11 is 0. The number of benzene rings is 1. The van der Waals surface area contributed by atoms with Gasteiger partial charge in [-0.3, -0.25) is 15.1 Å². The highest BCUT2D eigenvalue weighted by molar-refractivity contribution is 5.98. The quantitative estimate of drug-likeness (QED) is 0.398. The number of nitrogens with one attached hydrogen (secondary N) is 2. The first kappa shape index (κ1) is 20.3. The summed E-state index contributed by atoms with van der Waals surface area (Å²) in [6, 6.07) is 12.6. The molecule has 5 heterocycles. The zero-order valence-corrected chi connectivity index (χ0v) is 19.2. The molecule has 0 aliphatic carbocycles. The maximum Gasteiger partial charge on any atom is 0.116 e. The minimum atomic E-state index is 0.827. The van der Waals surface area contributed by atoms with Crippen LogP contribution < -0.4 is 0 Å². The fourth-order valence-corrected chi connectivity index (χ4v) is 4.40. The van der Waals surface area contributed by atoms with E-state index in [0.29, 0.717) is 0 Å². The highest BCUT2D eigenvalue weighted by Gasteiger charge is 2.15. The molecule has 0 spiro atoms. The van der Waals surface area contributed by atoms with Crippen molar-refractivity contribution in [2.75, 3.05) is 14.1 Å². The summed E-state index contributed by atoms with van der Waals surface area (Å²) in [4.78, 5) is 19.1. The lowest BCUT2D eigenvalue weighted by Crippen LogP contribution is -2.10. The van der Waals surface area contributed by atoms with Crippen LogP contribution in [0.25, 0.3) is 50.1 Å². The maximum absolute atomic E-state index is 4.66. The van der Waals surface area contributed by atoms with Gasteiger partial charge < -0.3 is 14.5 Å². The molecule has 0 amide bonds. The SMILES string of the molecule is Cc1cn(-c2cccc3[nH]c(-c4n[nH]c5cnc(-c6cncc(CN(C)C)c6)cc45)cc23)cn1. The van der Waals surface area contributed by atoms with Gasteiger partial charge in [0.1, 0.15) is 5.69 Å². The van der Waals surface area contributed by atoms with E-state index < -0.39 is 0 Å². The van der Waals surface area contributed by atoms with Gasteiger partial charge in [-0.25, -0.2) is 4.98 Å². The number of imidazole rings is 1. The fraction of sp³-hybridized carbons (Fsp3) is 0.154. The van der Waals surface area contributed by atoms with Gasteiger partial charge in [0.2, 0.25) is 0 Å². The monoisotopic (exact) mass is 448 g/mol. The van der Waals surface area contributed by atoms with E-state index >= 15 is 0 Å². The topological polar surface area (TPSA) is 91.3 Å². The summed E-state index contributed by atoms with van der Waals surface area (Å²) in [5.74, 6) is 0. The van der Waals surface area contributed by atoms with Crippen LogP contribution in [0.3, 0.4) is 0 Å². The Kier molecular flexibility index (Phi) is 4.74. The van der Waals surface area contributed by atoms with Crippen LogP contribution in [0.1, 0.15) is 11.3 Å². The van der Waals surface area contributed by atoms with Gasteiger partial charge >= 0.3 is 0 Å². The largest absolute Gasteiger partial charge is 0.353 e. The van der Waals surface area contributed by atoms with E-state index in [1.165, 1.54) is 0 Å². The summed E-state index contributed by atoms with van der Waals surface area (Å²) in [5.41, 5.74) is 8.81. The number of fused-ring (bicyclic) bond motifs is 2. The average molecular weight is 449 g/mol. The fourth-order valence-electron chi connectivity index (χ4n) is 4.40. The number of hydrogen-bond acceptors (Lipinski definition) is 5. The van der Waals surface area contributed by atoms with E-state index in [4.69, 9.17) is 0 Å². The molecule has 8 heteroatoms. The van der Waals surface area contributed by atoms with Crippen LogP contribution in [0, 0.1) is 6.92 Å². The molecule has 2 N–H and O–H groups in total. The Morgan fingerprint density at radius 2 is 1.88 bits per heavy atom. The molecular formula is C26H24N8. The maximum atomic E-state index is 4.66. The molecular weight excluding hydrogens is 424 g/mol. The number of pyridine rings is 2. The van der Waals surface area contributed by atoms with Gasteiger partial charge in [0.15, 0.2) is 0 Å². The molecule has 0 saturated carbocycles. The molecule has 0 fully saturated rings. The molecule has 168 valence electrons. The second-order valence-electron chi connectivity index (χ2n) is 8.85. The Balaban J connectivity index is 1.45. The van der Waals surface area contributed by atoms with E-state index in [9.17, 15) is 0 Å². The van der Waals surface area contributed by atoms with Crippen molar-refractivity contribution in [2.45, 2.75) is 13.5 Å². The first-order valence-electron chi connectivity index (χ1n) is 11.1. The number of aryl methyl sites for hydroxylation is 1. The third-order valence-electron chi connectivity index (χ3n) is 5.92. The summed E-state index contributed by atoms with van der Waals surface area (Å²) < 4.78 is 2.05. The third kappa shape index (κ3) is 3.54. The molecule has 0 saturated heterocycles. The zero-order valence-electron chi connectivity index (χ0n) is 19.2. The lowest BCUT2D eigenvalue weighted by atomic mass is 10.1. The Morgan fingerprint density at radius 1 is 0.971 bits per heavy atom. The molecule has 8 nitrogen and oxygen atoms in total. The van der Waals surface area contributed by atoms with Gasteiger partial charge in [-0.2, -0.15) is 5.10 Å². The van der Waals surface area contributed by atoms with Crippen LogP contribution in [0.2, 0.25) is 0 Å². The Morgan fingerprint density at radius 3 is 2.71 bits per heavy atom. The van der Waals surface area contributed by atoms with Crippen molar-refractivity contribution in [3.63, 3.8) is 0 Å². The van der Waals surface area contributed by atoms with Crippen LogP contribution in [-0.2, 0) is 6.54 Å². The molecule has 6 aromatic rings. The van der Waals surface area contributed by atoms with Crippen molar-refractivity contribution in [1.29, 1.82) is 0 Å². The number of aromatic amines is 2. The van der Waals surface area contributed by atoms with Crippen molar-refractivity contribution in [3.8, 4) is 28.3 Å². The van der Waals surface area contributed by atoms with E-state index in [2.05, 4.69) is 79.5 Å². The van der Waals surface area contributed by atoms with E-state index in [1.807, 2.05) is 48.7 Å². The number of H-pyrrole nitrogens is 2. The van der Waals surface area contributed by atoms with E-state index in [-0.39, 0.29) is 0 Å². The number of aromatic nitrogens is 7. The first-order chi connectivity index (χ1) is 16.5. The molecule has 0 atom stereocenters. The third-order valence-corrected chi connectivity index (χ3v) is 5.92. The molecule has 0 unspecified atom stereocenters. The van der Waals surface area contributed by atoms with Crippen molar-refractivity contribution in [1.82, 2.24) is 39.6 Å². The predicted molar refractivity (Wildman–Crippen MR) is 134 cm³/mol. The number of nitrogens with zero attached hydrogens (tertiary/aromatic N) is 6. The minimum Gasteiger partial charge on any atom is -0.353 e. The minimum absolute atomic E-state index is 0.827. The summed E-state index contributed by atoms with van der Waals surface area (Å²) in [7, 11) is 4.10. The van der Waals surface area contributed by atoms with Crippen LogP contribution in [-0.4, -0.2) is 53.7 Å². The number of hydrogen-bond donors (Lipinski definition) is 2. The van der Waals surface area contributed by atoms with Crippen LogP contribution in [0.4, 0.5) is 0 Å². The molecule has 5 aromatic heterocycles. The second-order valence-corrected chi connectivity index (χ2v) is 8.85. The lowest BCUT2D eigenvalue weighted by molar-refractivity contribution is 0.402. The van der Waals surface area contributed by atoms with Gasteiger partial charge in [0, 0.05) is 47.0 Å². The Labute approximate surface area is 196 Å². The predicted octanol–water partition coefficient (Wildman–Crippen LogP) is 4.72. The van der Waals surface area contributed by atoms with Crippen LogP contribution in [0.5, 0.6) is 0 Å². The highest BCUT2D eigenvalue weighted by atomic mass is 15.1.